The SMILES string of the molecule is CCCOc1ccc(-c2ncc(C(C)(C)N)s2)cc1. The van der Waals surface area contributed by atoms with E-state index in [-0.39, 0.29) is 5.54 Å². The van der Waals surface area contributed by atoms with E-state index in [2.05, 4.69) is 11.9 Å². The van der Waals surface area contributed by atoms with Crippen molar-refractivity contribution in [3.05, 3.63) is 35.3 Å². The van der Waals surface area contributed by atoms with Gasteiger partial charge in [0, 0.05) is 22.2 Å². The van der Waals surface area contributed by atoms with Gasteiger partial charge in [-0.2, -0.15) is 0 Å². The van der Waals surface area contributed by atoms with Crippen LogP contribution in [0.5, 0.6) is 5.75 Å². The second kappa shape index (κ2) is 5.72. The van der Waals surface area contributed by atoms with Crippen molar-refractivity contribution in [1.82, 2.24) is 4.98 Å². The van der Waals surface area contributed by atoms with Crippen LogP contribution in [0.3, 0.4) is 0 Å². The van der Waals surface area contributed by atoms with E-state index in [1.54, 1.807) is 11.3 Å². The summed E-state index contributed by atoms with van der Waals surface area (Å²) in [5.74, 6) is 0.904. The molecule has 0 saturated heterocycles. The Labute approximate surface area is 118 Å². The van der Waals surface area contributed by atoms with Gasteiger partial charge in [0.15, 0.2) is 0 Å². The van der Waals surface area contributed by atoms with Crippen molar-refractivity contribution in [1.29, 1.82) is 0 Å². The molecule has 0 unspecified atom stereocenters. The van der Waals surface area contributed by atoms with E-state index >= 15 is 0 Å². The molecule has 4 heteroatoms. The summed E-state index contributed by atoms with van der Waals surface area (Å²) < 4.78 is 5.57. The average molecular weight is 276 g/mol. The standard InChI is InChI=1S/C15H20N2OS/c1-4-9-18-12-7-5-11(6-8-12)14-17-10-13(19-14)15(2,3)16/h5-8,10H,4,9,16H2,1-3H3. The second-order valence-corrected chi connectivity index (χ2v) is 6.15. The van der Waals surface area contributed by atoms with Crippen molar-refractivity contribution >= 4 is 11.3 Å². The summed E-state index contributed by atoms with van der Waals surface area (Å²) in [6.45, 7) is 6.83. The van der Waals surface area contributed by atoms with Gasteiger partial charge in [-0.3, -0.25) is 0 Å². The van der Waals surface area contributed by atoms with Crippen LogP contribution in [0.25, 0.3) is 10.6 Å². The van der Waals surface area contributed by atoms with Gasteiger partial charge in [-0.05, 0) is 44.5 Å². The molecule has 0 amide bonds. The minimum atomic E-state index is -0.333. The summed E-state index contributed by atoms with van der Waals surface area (Å²) in [6.07, 6.45) is 2.88. The number of rotatable bonds is 5. The highest BCUT2D eigenvalue weighted by molar-refractivity contribution is 7.15. The Morgan fingerprint density at radius 1 is 1.26 bits per heavy atom. The summed E-state index contributed by atoms with van der Waals surface area (Å²) in [4.78, 5) is 5.53. The van der Waals surface area contributed by atoms with E-state index < -0.39 is 0 Å². The number of nitrogens with zero attached hydrogens (tertiary/aromatic N) is 1. The normalized spacial score (nSPS) is 11.6. The molecular weight excluding hydrogens is 256 g/mol. The molecular formula is C15H20N2OS. The van der Waals surface area contributed by atoms with Crippen LogP contribution >= 0.6 is 11.3 Å². The van der Waals surface area contributed by atoms with Crippen molar-refractivity contribution < 1.29 is 4.74 Å². The van der Waals surface area contributed by atoms with Gasteiger partial charge in [-0.15, -0.1) is 11.3 Å². The molecule has 0 fully saturated rings. The average Bonchev–Trinajstić information content (AvgIpc) is 2.86. The first kappa shape index (κ1) is 14.0. The van der Waals surface area contributed by atoms with Crippen LogP contribution in [-0.2, 0) is 5.54 Å². The molecule has 0 aliphatic heterocycles. The van der Waals surface area contributed by atoms with Gasteiger partial charge in [0.05, 0.1) is 6.61 Å². The fourth-order valence-corrected chi connectivity index (χ4v) is 2.56. The molecule has 1 heterocycles. The molecule has 0 bridgehead atoms. The molecule has 0 aliphatic rings. The summed E-state index contributed by atoms with van der Waals surface area (Å²) in [6, 6.07) is 8.05. The maximum atomic E-state index is 6.08. The number of hydrogen-bond donors (Lipinski definition) is 1. The zero-order valence-electron chi connectivity index (χ0n) is 11.6. The van der Waals surface area contributed by atoms with Gasteiger partial charge >= 0.3 is 0 Å². The molecule has 19 heavy (non-hydrogen) atoms. The van der Waals surface area contributed by atoms with Gasteiger partial charge < -0.3 is 10.5 Å². The van der Waals surface area contributed by atoms with E-state index in [0.29, 0.717) is 0 Å². The topological polar surface area (TPSA) is 48.1 Å². The minimum absolute atomic E-state index is 0.333. The fraction of sp³-hybridized carbons (Fsp3) is 0.400. The molecule has 1 aromatic heterocycles. The predicted molar refractivity (Wildman–Crippen MR) is 80.5 cm³/mol. The Hall–Kier alpha value is -1.39. The molecule has 2 rings (SSSR count). The lowest BCUT2D eigenvalue weighted by Gasteiger charge is -2.14. The number of ether oxygens (including phenoxy) is 1. The first-order chi connectivity index (χ1) is 9.00. The number of aromatic nitrogens is 1. The molecule has 0 aliphatic carbocycles. The van der Waals surface area contributed by atoms with Crippen LogP contribution in [0.4, 0.5) is 0 Å². The van der Waals surface area contributed by atoms with E-state index in [1.807, 2.05) is 44.3 Å². The number of nitrogens with two attached hydrogens (primary N) is 1. The Balaban J connectivity index is 2.16. The number of thiazole rings is 1. The Bertz CT molecular complexity index is 526. The van der Waals surface area contributed by atoms with Crippen molar-refractivity contribution in [2.45, 2.75) is 32.7 Å². The lowest BCUT2D eigenvalue weighted by Crippen LogP contribution is -2.27. The molecule has 0 atom stereocenters. The molecule has 0 radical (unpaired) electrons. The van der Waals surface area contributed by atoms with Crippen LogP contribution in [-0.4, -0.2) is 11.6 Å². The quantitative estimate of drug-likeness (QED) is 0.903. The highest BCUT2D eigenvalue weighted by Gasteiger charge is 2.18. The maximum absolute atomic E-state index is 6.08. The molecule has 102 valence electrons. The van der Waals surface area contributed by atoms with Crippen molar-refractivity contribution in [3.63, 3.8) is 0 Å². The zero-order valence-corrected chi connectivity index (χ0v) is 12.5. The molecule has 0 saturated carbocycles. The van der Waals surface area contributed by atoms with Gasteiger partial charge in [0.25, 0.3) is 0 Å². The Kier molecular flexibility index (Phi) is 4.22. The van der Waals surface area contributed by atoms with Gasteiger partial charge in [0.1, 0.15) is 10.8 Å². The second-order valence-electron chi connectivity index (χ2n) is 5.12. The smallest absolute Gasteiger partial charge is 0.123 e. The third kappa shape index (κ3) is 3.55. The van der Waals surface area contributed by atoms with Gasteiger partial charge in [0.2, 0.25) is 0 Å². The van der Waals surface area contributed by atoms with Crippen molar-refractivity contribution in [3.8, 4) is 16.3 Å². The molecule has 1 aromatic carbocycles. The summed E-state index contributed by atoms with van der Waals surface area (Å²) in [7, 11) is 0. The Morgan fingerprint density at radius 2 is 1.95 bits per heavy atom. The largest absolute Gasteiger partial charge is 0.494 e. The van der Waals surface area contributed by atoms with E-state index in [4.69, 9.17) is 10.5 Å². The lowest BCUT2D eigenvalue weighted by atomic mass is 10.1. The maximum Gasteiger partial charge on any atom is 0.123 e. The van der Waals surface area contributed by atoms with Crippen LogP contribution in [0.2, 0.25) is 0 Å². The molecule has 0 spiro atoms. The monoisotopic (exact) mass is 276 g/mol. The number of hydrogen-bond acceptors (Lipinski definition) is 4. The van der Waals surface area contributed by atoms with Crippen LogP contribution in [0, 0.1) is 0 Å². The minimum Gasteiger partial charge on any atom is -0.494 e. The summed E-state index contributed by atoms with van der Waals surface area (Å²) >= 11 is 1.64. The van der Waals surface area contributed by atoms with E-state index in [9.17, 15) is 0 Å². The predicted octanol–water partition coefficient (Wildman–Crippen LogP) is 3.79. The van der Waals surface area contributed by atoms with Crippen LogP contribution in [0.1, 0.15) is 32.1 Å². The van der Waals surface area contributed by atoms with Crippen molar-refractivity contribution in [2.75, 3.05) is 6.61 Å². The van der Waals surface area contributed by atoms with Crippen molar-refractivity contribution in [2.24, 2.45) is 5.73 Å². The lowest BCUT2D eigenvalue weighted by molar-refractivity contribution is 0.317. The third-order valence-electron chi connectivity index (χ3n) is 2.71. The highest BCUT2D eigenvalue weighted by Crippen LogP contribution is 2.31. The molecule has 3 nitrogen and oxygen atoms in total. The summed E-state index contributed by atoms with van der Waals surface area (Å²) in [5.41, 5.74) is 6.85. The Morgan fingerprint density at radius 3 is 2.47 bits per heavy atom. The van der Waals surface area contributed by atoms with Crippen LogP contribution < -0.4 is 10.5 Å². The number of benzene rings is 1. The fourth-order valence-electron chi connectivity index (χ4n) is 1.62. The van der Waals surface area contributed by atoms with E-state index in [1.165, 1.54) is 0 Å². The third-order valence-corrected chi connectivity index (χ3v) is 4.10. The summed E-state index contributed by atoms with van der Waals surface area (Å²) in [5, 5.41) is 0.996. The zero-order chi connectivity index (χ0) is 13.9. The van der Waals surface area contributed by atoms with E-state index in [0.717, 1.165) is 34.2 Å². The van der Waals surface area contributed by atoms with Crippen LogP contribution in [0.15, 0.2) is 30.5 Å². The molecule has 2 aromatic rings. The van der Waals surface area contributed by atoms with Gasteiger partial charge in [-0.25, -0.2) is 4.98 Å². The van der Waals surface area contributed by atoms with Gasteiger partial charge in [-0.1, -0.05) is 6.92 Å². The highest BCUT2D eigenvalue weighted by atomic mass is 32.1. The molecule has 2 N–H and O–H groups in total. The first-order valence-electron chi connectivity index (χ1n) is 6.49. The first-order valence-corrected chi connectivity index (χ1v) is 7.31.